The number of hydrogen-bond acceptors (Lipinski definition) is 7. The largest absolute Gasteiger partial charge is 0.480 e. The van der Waals surface area contributed by atoms with Crippen molar-refractivity contribution in [3.8, 4) is 16.9 Å². The molecule has 1 aliphatic carbocycles. The minimum atomic E-state index is -1.19. The summed E-state index contributed by atoms with van der Waals surface area (Å²) in [7, 11) is 0. The summed E-state index contributed by atoms with van der Waals surface area (Å²) in [5.41, 5.74) is 4.18. The topological polar surface area (TPSA) is 157 Å². The molecule has 3 aromatic carbocycles. The number of fused-ring (bicyclic) bond motifs is 3. The Labute approximate surface area is 223 Å². The van der Waals surface area contributed by atoms with Gasteiger partial charge in [0, 0.05) is 24.6 Å². The van der Waals surface area contributed by atoms with Gasteiger partial charge in [-0.1, -0.05) is 48.5 Å². The number of alkyl carbamates (subject to hydrolysis) is 1. The predicted molar refractivity (Wildman–Crippen MR) is 141 cm³/mol. The Bertz CT molecular complexity index is 1310. The van der Waals surface area contributed by atoms with Gasteiger partial charge in [0.25, 0.3) is 5.69 Å². The molecular weight excluding hydrogens is 506 g/mol. The first-order valence-electron chi connectivity index (χ1n) is 12.4. The van der Waals surface area contributed by atoms with E-state index < -0.39 is 29.1 Å². The molecule has 0 aromatic heterocycles. The molecule has 3 aromatic rings. The minimum Gasteiger partial charge on any atom is -0.480 e. The number of carbonyl (C=O) groups is 3. The van der Waals surface area contributed by atoms with Gasteiger partial charge in [-0.3, -0.25) is 10.1 Å². The van der Waals surface area contributed by atoms with Gasteiger partial charge in [-0.2, -0.15) is 0 Å². The number of nitrogens with one attached hydrogen (secondary N) is 2. The van der Waals surface area contributed by atoms with Crippen LogP contribution in [0.4, 0.5) is 15.3 Å². The monoisotopic (exact) mass is 533 g/mol. The van der Waals surface area contributed by atoms with Crippen LogP contribution < -0.4 is 15.4 Å². The van der Waals surface area contributed by atoms with Crippen molar-refractivity contribution in [2.75, 3.05) is 13.2 Å². The lowest BCUT2D eigenvalue weighted by atomic mass is 9.98. The van der Waals surface area contributed by atoms with Gasteiger partial charge in [0.05, 0.1) is 4.92 Å². The highest BCUT2D eigenvalue weighted by Crippen LogP contribution is 2.44. The number of nitro groups is 1. The average Bonchev–Trinajstić information content (AvgIpc) is 3.25. The molecule has 0 fully saturated rings. The summed E-state index contributed by atoms with van der Waals surface area (Å²) < 4.78 is 10.5. The molecule has 0 heterocycles. The lowest BCUT2D eigenvalue weighted by molar-refractivity contribution is -0.384. The Morgan fingerprint density at radius 3 is 2.10 bits per heavy atom. The predicted octanol–water partition coefficient (Wildman–Crippen LogP) is 4.85. The number of carbonyl (C=O) groups excluding carboxylic acids is 2. The summed E-state index contributed by atoms with van der Waals surface area (Å²) >= 11 is 0. The number of ether oxygens (including phenoxy) is 2. The molecule has 1 aliphatic rings. The highest BCUT2D eigenvalue weighted by Gasteiger charge is 2.29. The van der Waals surface area contributed by atoms with Crippen LogP contribution >= 0.6 is 0 Å². The zero-order valence-electron chi connectivity index (χ0n) is 20.9. The molecule has 0 unspecified atom stereocenters. The third-order valence-corrected chi connectivity index (χ3v) is 6.38. The number of unbranched alkanes of at least 4 members (excludes halogenated alkanes) is 1. The van der Waals surface area contributed by atoms with Crippen molar-refractivity contribution in [2.45, 2.75) is 31.2 Å². The van der Waals surface area contributed by atoms with Crippen LogP contribution in [0.2, 0.25) is 0 Å². The summed E-state index contributed by atoms with van der Waals surface area (Å²) in [6.45, 7) is 0.288. The van der Waals surface area contributed by atoms with E-state index in [4.69, 9.17) is 9.47 Å². The minimum absolute atomic E-state index is 0.0764. The summed E-state index contributed by atoms with van der Waals surface area (Å²) in [6.07, 6.45) is -0.577. The normalized spacial score (nSPS) is 12.5. The van der Waals surface area contributed by atoms with Crippen LogP contribution in [0.15, 0.2) is 72.8 Å². The maximum Gasteiger partial charge on any atom is 0.412 e. The zero-order chi connectivity index (χ0) is 27.8. The van der Waals surface area contributed by atoms with E-state index in [2.05, 4.69) is 10.6 Å². The van der Waals surface area contributed by atoms with E-state index in [1.807, 2.05) is 48.5 Å². The van der Waals surface area contributed by atoms with E-state index in [0.717, 1.165) is 22.3 Å². The van der Waals surface area contributed by atoms with Crippen molar-refractivity contribution in [2.24, 2.45) is 0 Å². The van der Waals surface area contributed by atoms with Gasteiger partial charge in [-0.05, 0) is 53.6 Å². The highest BCUT2D eigenvalue weighted by atomic mass is 16.6. The van der Waals surface area contributed by atoms with Crippen molar-refractivity contribution < 1.29 is 33.9 Å². The number of amides is 2. The summed E-state index contributed by atoms with van der Waals surface area (Å²) in [6, 6.07) is 19.7. The first kappa shape index (κ1) is 27.1. The molecule has 0 saturated heterocycles. The maximum absolute atomic E-state index is 12.4. The summed E-state index contributed by atoms with van der Waals surface area (Å²) in [4.78, 5) is 46.1. The van der Waals surface area contributed by atoms with E-state index in [-0.39, 0.29) is 36.9 Å². The van der Waals surface area contributed by atoms with Gasteiger partial charge in [-0.15, -0.1) is 0 Å². The third kappa shape index (κ3) is 6.89. The van der Waals surface area contributed by atoms with Crippen LogP contribution in [0.1, 0.15) is 36.3 Å². The first-order valence-corrected chi connectivity index (χ1v) is 12.4. The van der Waals surface area contributed by atoms with Crippen LogP contribution in [0.5, 0.6) is 5.75 Å². The molecule has 39 heavy (non-hydrogen) atoms. The van der Waals surface area contributed by atoms with E-state index in [1.54, 1.807) is 0 Å². The Kier molecular flexibility index (Phi) is 8.72. The van der Waals surface area contributed by atoms with Crippen LogP contribution in [0, 0.1) is 10.1 Å². The van der Waals surface area contributed by atoms with Crippen LogP contribution in [0.3, 0.4) is 0 Å². The number of nitrogens with zero attached hydrogens (tertiary/aromatic N) is 1. The lowest BCUT2D eigenvalue weighted by Crippen LogP contribution is -2.41. The second-order valence-corrected chi connectivity index (χ2v) is 8.92. The molecule has 0 bridgehead atoms. The number of carboxylic acids is 1. The van der Waals surface area contributed by atoms with Gasteiger partial charge < -0.3 is 25.2 Å². The molecule has 202 valence electrons. The molecule has 11 nitrogen and oxygen atoms in total. The second-order valence-electron chi connectivity index (χ2n) is 8.92. The number of benzene rings is 3. The molecule has 0 radical (unpaired) electrons. The van der Waals surface area contributed by atoms with E-state index in [0.29, 0.717) is 12.8 Å². The fourth-order valence-corrected chi connectivity index (χ4v) is 4.48. The highest BCUT2D eigenvalue weighted by molar-refractivity contribution is 5.81. The molecule has 0 saturated carbocycles. The standard InChI is InChI=1S/C28H27N3O8/c32-26(33)25(11-5-6-16-29-27(34)39-19-14-12-18(13-15-19)31(36)37)30-28(35)38-17-24-22-9-3-1-7-20(22)21-8-2-4-10-23(21)24/h1-4,7-10,12-15,24-25H,5-6,11,16-17H2,(H,29,34)(H,30,35)(H,32,33)/t25-/m1/s1. The zero-order valence-corrected chi connectivity index (χ0v) is 20.9. The molecule has 11 heteroatoms. The molecule has 0 spiro atoms. The quantitative estimate of drug-likeness (QED) is 0.179. The number of carboxylic acid groups (broad SMARTS) is 1. The Hall–Kier alpha value is -4.93. The average molecular weight is 534 g/mol. The Morgan fingerprint density at radius 1 is 0.897 bits per heavy atom. The maximum atomic E-state index is 12.4. The molecule has 4 rings (SSSR count). The number of nitro benzene ring substituents is 1. The van der Waals surface area contributed by atoms with Crippen molar-refractivity contribution in [1.82, 2.24) is 10.6 Å². The molecular formula is C28H27N3O8. The number of hydrogen-bond donors (Lipinski definition) is 3. The van der Waals surface area contributed by atoms with Gasteiger partial charge in [-0.25, -0.2) is 14.4 Å². The molecule has 3 N–H and O–H groups in total. The van der Waals surface area contributed by atoms with Gasteiger partial charge >= 0.3 is 18.2 Å². The summed E-state index contributed by atoms with van der Waals surface area (Å²) in [5.74, 6) is -1.17. The number of rotatable bonds is 11. The van der Waals surface area contributed by atoms with Gasteiger partial charge in [0.1, 0.15) is 18.4 Å². The molecule has 1 atom stereocenters. The van der Waals surface area contributed by atoms with E-state index in [9.17, 15) is 29.6 Å². The van der Waals surface area contributed by atoms with Crippen LogP contribution in [-0.2, 0) is 9.53 Å². The van der Waals surface area contributed by atoms with Gasteiger partial charge in [0.15, 0.2) is 0 Å². The second kappa shape index (κ2) is 12.5. The molecule has 2 amide bonds. The SMILES string of the molecule is O=C(N[C@H](CCCCNC(=O)Oc1ccc([N+](=O)[O-])cc1)C(=O)O)OCC1c2ccccc2-c2ccccc21. The van der Waals surface area contributed by atoms with Crippen molar-refractivity contribution >= 4 is 23.8 Å². The van der Waals surface area contributed by atoms with E-state index in [1.165, 1.54) is 24.3 Å². The van der Waals surface area contributed by atoms with E-state index >= 15 is 0 Å². The van der Waals surface area contributed by atoms with Gasteiger partial charge in [0.2, 0.25) is 0 Å². The van der Waals surface area contributed by atoms with Crippen molar-refractivity contribution in [3.63, 3.8) is 0 Å². The fourth-order valence-electron chi connectivity index (χ4n) is 4.48. The molecule has 0 aliphatic heterocycles. The van der Waals surface area contributed by atoms with Crippen molar-refractivity contribution in [1.29, 1.82) is 0 Å². The van der Waals surface area contributed by atoms with Crippen LogP contribution in [-0.4, -0.2) is 47.4 Å². The van der Waals surface area contributed by atoms with Crippen molar-refractivity contribution in [3.05, 3.63) is 94.0 Å². The number of non-ortho nitro benzene ring substituents is 1. The third-order valence-electron chi connectivity index (χ3n) is 6.38. The fraction of sp³-hybridized carbons (Fsp3) is 0.250. The smallest absolute Gasteiger partial charge is 0.412 e. The van der Waals surface area contributed by atoms with Crippen LogP contribution in [0.25, 0.3) is 11.1 Å². The lowest BCUT2D eigenvalue weighted by Gasteiger charge is -2.17. The first-order chi connectivity index (χ1) is 18.8. The Morgan fingerprint density at radius 2 is 1.51 bits per heavy atom. The Balaban J connectivity index is 1.19. The number of aliphatic carboxylic acids is 1. The summed E-state index contributed by atoms with van der Waals surface area (Å²) in [5, 5.41) is 25.1.